The maximum atomic E-state index is 12.0. The Morgan fingerprint density at radius 1 is 1.00 bits per heavy atom. The molecule has 0 unspecified atom stereocenters. The quantitative estimate of drug-likeness (QED) is 0.627. The van der Waals surface area contributed by atoms with Gasteiger partial charge in [-0.05, 0) is 38.0 Å². The third kappa shape index (κ3) is 7.57. The molecule has 0 aliphatic carbocycles. The van der Waals surface area contributed by atoms with Crippen molar-refractivity contribution in [1.82, 2.24) is 10.6 Å². The summed E-state index contributed by atoms with van der Waals surface area (Å²) in [6.07, 6.45) is 0.350. The minimum atomic E-state index is -0.747. The van der Waals surface area contributed by atoms with E-state index in [4.69, 9.17) is 4.74 Å². The molecule has 2 aromatic carbocycles. The first kappa shape index (κ1) is 21.8. The van der Waals surface area contributed by atoms with Gasteiger partial charge < -0.3 is 15.4 Å². The van der Waals surface area contributed by atoms with Gasteiger partial charge >= 0.3 is 5.97 Å². The Hall–Kier alpha value is -3.48. The predicted molar refractivity (Wildman–Crippen MR) is 107 cm³/mol. The van der Waals surface area contributed by atoms with Crippen LogP contribution in [0.1, 0.15) is 28.4 Å². The number of benzene rings is 2. The fourth-order valence-electron chi connectivity index (χ4n) is 2.62. The fourth-order valence-corrected chi connectivity index (χ4v) is 2.62. The number of carbonyl (C=O) groups excluding carboxylic acids is 4. The number of nitrogens with one attached hydrogen (secondary N) is 2. The van der Waals surface area contributed by atoms with E-state index in [0.29, 0.717) is 12.0 Å². The standard InChI is InChI=1S/C22H24N2O5/c1-15-7-6-10-18(11-15)22(28)23-13-21(27)29-14-20(26)24-19(16(2)25)12-17-8-4-3-5-9-17/h3-11,19H,12-14H2,1-2H3,(H,23,28)(H,24,26)/t19-/m0/s1. The lowest BCUT2D eigenvalue weighted by molar-refractivity contribution is -0.147. The summed E-state index contributed by atoms with van der Waals surface area (Å²) in [5, 5.41) is 5.01. The summed E-state index contributed by atoms with van der Waals surface area (Å²) >= 11 is 0. The van der Waals surface area contributed by atoms with E-state index in [1.54, 1.807) is 18.2 Å². The number of carbonyl (C=O) groups is 4. The van der Waals surface area contributed by atoms with Crippen molar-refractivity contribution in [2.75, 3.05) is 13.2 Å². The van der Waals surface area contributed by atoms with Crippen molar-refractivity contribution in [2.24, 2.45) is 0 Å². The maximum absolute atomic E-state index is 12.0. The number of hydrogen-bond donors (Lipinski definition) is 2. The molecule has 0 heterocycles. The van der Waals surface area contributed by atoms with Gasteiger partial charge in [0.05, 0.1) is 6.04 Å². The van der Waals surface area contributed by atoms with Gasteiger partial charge in [-0.25, -0.2) is 0 Å². The summed E-state index contributed by atoms with van der Waals surface area (Å²) in [6.45, 7) is 2.36. The van der Waals surface area contributed by atoms with Crippen LogP contribution in [0.4, 0.5) is 0 Å². The van der Waals surface area contributed by atoms with Crippen molar-refractivity contribution in [3.8, 4) is 0 Å². The Bertz CT molecular complexity index is 880. The van der Waals surface area contributed by atoms with E-state index in [1.807, 2.05) is 43.3 Å². The van der Waals surface area contributed by atoms with Crippen LogP contribution in [0.5, 0.6) is 0 Å². The number of aryl methyl sites for hydroxylation is 1. The van der Waals surface area contributed by atoms with Crippen LogP contribution < -0.4 is 10.6 Å². The Morgan fingerprint density at radius 3 is 2.38 bits per heavy atom. The average molecular weight is 396 g/mol. The first-order valence-corrected chi connectivity index (χ1v) is 9.19. The number of Topliss-reactive ketones (excluding diaryl/α,β-unsaturated/α-hetero) is 1. The summed E-state index contributed by atoms with van der Waals surface area (Å²) in [5.41, 5.74) is 2.26. The Kier molecular flexibility index (Phi) is 8.09. The minimum Gasteiger partial charge on any atom is -0.454 e. The van der Waals surface area contributed by atoms with Crippen LogP contribution in [0.15, 0.2) is 54.6 Å². The molecule has 0 aliphatic heterocycles. The van der Waals surface area contributed by atoms with Gasteiger partial charge in [-0.2, -0.15) is 0 Å². The normalized spacial score (nSPS) is 11.2. The number of esters is 1. The highest BCUT2D eigenvalue weighted by atomic mass is 16.5. The molecule has 0 aliphatic rings. The molecular formula is C22H24N2O5. The van der Waals surface area contributed by atoms with Crippen molar-refractivity contribution in [1.29, 1.82) is 0 Å². The highest BCUT2D eigenvalue weighted by Gasteiger charge is 2.18. The fraction of sp³-hybridized carbons (Fsp3) is 0.273. The molecular weight excluding hydrogens is 372 g/mol. The van der Waals surface area contributed by atoms with Crippen LogP contribution >= 0.6 is 0 Å². The maximum Gasteiger partial charge on any atom is 0.325 e. The second-order valence-electron chi connectivity index (χ2n) is 6.63. The lowest BCUT2D eigenvalue weighted by atomic mass is 10.0. The molecule has 0 saturated heterocycles. The molecule has 0 saturated carbocycles. The SMILES string of the molecule is CC(=O)[C@H](Cc1ccccc1)NC(=O)COC(=O)CNC(=O)c1cccc(C)c1. The van der Waals surface area contributed by atoms with Gasteiger partial charge in [-0.3, -0.25) is 19.2 Å². The largest absolute Gasteiger partial charge is 0.454 e. The molecule has 152 valence electrons. The average Bonchev–Trinajstić information content (AvgIpc) is 2.70. The van der Waals surface area contributed by atoms with E-state index in [0.717, 1.165) is 11.1 Å². The van der Waals surface area contributed by atoms with Gasteiger partial charge in [-0.1, -0.05) is 48.0 Å². The summed E-state index contributed by atoms with van der Waals surface area (Å²) < 4.78 is 4.87. The highest BCUT2D eigenvalue weighted by molar-refractivity contribution is 5.96. The van der Waals surface area contributed by atoms with Crippen LogP contribution in [-0.2, 0) is 25.5 Å². The van der Waals surface area contributed by atoms with Crippen molar-refractivity contribution in [2.45, 2.75) is 26.3 Å². The smallest absolute Gasteiger partial charge is 0.325 e. The van der Waals surface area contributed by atoms with Gasteiger partial charge in [0.25, 0.3) is 11.8 Å². The van der Waals surface area contributed by atoms with Crippen molar-refractivity contribution in [3.05, 3.63) is 71.3 Å². The van der Waals surface area contributed by atoms with Crippen LogP contribution in [0.3, 0.4) is 0 Å². The van der Waals surface area contributed by atoms with Crippen molar-refractivity contribution >= 4 is 23.6 Å². The molecule has 2 N–H and O–H groups in total. The summed E-state index contributed by atoms with van der Waals surface area (Å²) in [5.74, 6) is -1.93. The van der Waals surface area contributed by atoms with Crippen molar-refractivity contribution < 1.29 is 23.9 Å². The lowest BCUT2D eigenvalue weighted by Gasteiger charge is -2.16. The zero-order chi connectivity index (χ0) is 21.2. The van der Waals surface area contributed by atoms with Gasteiger partial charge in [0.15, 0.2) is 12.4 Å². The molecule has 0 bridgehead atoms. The van der Waals surface area contributed by atoms with Crippen molar-refractivity contribution in [3.63, 3.8) is 0 Å². The molecule has 7 heteroatoms. The van der Waals surface area contributed by atoms with Gasteiger partial charge in [0, 0.05) is 5.56 Å². The molecule has 7 nitrogen and oxygen atoms in total. The Morgan fingerprint density at radius 2 is 1.72 bits per heavy atom. The van der Waals surface area contributed by atoms with Gasteiger partial charge in [0.2, 0.25) is 0 Å². The summed E-state index contributed by atoms with van der Waals surface area (Å²) in [6, 6.07) is 15.5. The molecule has 0 spiro atoms. The van der Waals surface area contributed by atoms with Gasteiger partial charge in [-0.15, -0.1) is 0 Å². The molecule has 0 aromatic heterocycles. The zero-order valence-electron chi connectivity index (χ0n) is 16.4. The second-order valence-corrected chi connectivity index (χ2v) is 6.63. The summed E-state index contributed by atoms with van der Waals surface area (Å²) in [4.78, 5) is 47.6. The number of rotatable bonds is 9. The highest BCUT2D eigenvalue weighted by Crippen LogP contribution is 2.05. The van der Waals surface area contributed by atoms with E-state index in [9.17, 15) is 19.2 Å². The number of ether oxygens (including phenoxy) is 1. The van der Waals surface area contributed by atoms with E-state index in [1.165, 1.54) is 6.92 Å². The van der Waals surface area contributed by atoms with E-state index in [2.05, 4.69) is 10.6 Å². The Balaban J connectivity index is 1.76. The van der Waals surface area contributed by atoms with Crippen LogP contribution in [0, 0.1) is 6.92 Å². The molecule has 1 atom stereocenters. The zero-order valence-corrected chi connectivity index (χ0v) is 16.4. The molecule has 2 amide bonds. The Labute approximate surface area is 169 Å². The van der Waals surface area contributed by atoms with E-state index < -0.39 is 30.4 Å². The third-order valence-corrected chi connectivity index (χ3v) is 4.15. The number of hydrogen-bond acceptors (Lipinski definition) is 5. The topological polar surface area (TPSA) is 102 Å². The van der Waals surface area contributed by atoms with E-state index in [-0.39, 0.29) is 12.3 Å². The molecule has 2 aromatic rings. The molecule has 0 radical (unpaired) electrons. The first-order valence-electron chi connectivity index (χ1n) is 9.19. The molecule has 29 heavy (non-hydrogen) atoms. The van der Waals surface area contributed by atoms with Crippen LogP contribution in [0.2, 0.25) is 0 Å². The number of ketones is 1. The van der Waals surface area contributed by atoms with E-state index >= 15 is 0 Å². The summed E-state index contributed by atoms with van der Waals surface area (Å²) in [7, 11) is 0. The first-order chi connectivity index (χ1) is 13.8. The minimum absolute atomic E-state index is 0.195. The molecule has 0 fully saturated rings. The van der Waals surface area contributed by atoms with Crippen LogP contribution in [-0.4, -0.2) is 42.8 Å². The molecule has 2 rings (SSSR count). The second kappa shape index (κ2) is 10.8. The monoisotopic (exact) mass is 396 g/mol. The lowest BCUT2D eigenvalue weighted by Crippen LogP contribution is -2.43. The predicted octanol–water partition coefficient (Wildman–Crippen LogP) is 1.58. The third-order valence-electron chi connectivity index (χ3n) is 4.15. The van der Waals surface area contributed by atoms with Crippen LogP contribution in [0.25, 0.3) is 0 Å². The van der Waals surface area contributed by atoms with Gasteiger partial charge in [0.1, 0.15) is 6.54 Å². The number of amides is 2.